The molecular weight excluding hydrogens is 486 g/mol. The standard InChI is InChI=1S/C26H21ClF2N6O/c1-14-34-23-13-33-22-11-20(28)17(10-18(22)25(23)35(14)24-5-8-30-12-21(24)29)16-4-3-15(9-19(16)27)36-26-31-6-2-7-32-26/h2-4,6-7,9-11,13,21,24,30H,5,8,12H2,1H3/t21-,24-/m0/s1. The maximum Gasteiger partial charge on any atom is 0.321 e. The van der Waals surface area contributed by atoms with Crippen molar-refractivity contribution in [3.05, 3.63) is 71.7 Å². The summed E-state index contributed by atoms with van der Waals surface area (Å²) in [5, 5.41) is 4.08. The molecule has 4 heterocycles. The number of pyridine rings is 1. The zero-order chi connectivity index (χ0) is 24.8. The summed E-state index contributed by atoms with van der Waals surface area (Å²) in [7, 11) is 0. The molecule has 7 nitrogen and oxygen atoms in total. The molecule has 0 spiro atoms. The van der Waals surface area contributed by atoms with Gasteiger partial charge in [-0.25, -0.2) is 23.7 Å². The molecule has 0 aliphatic carbocycles. The summed E-state index contributed by atoms with van der Waals surface area (Å²) < 4.78 is 37.8. The molecule has 0 unspecified atom stereocenters. The molecule has 1 N–H and O–H groups in total. The minimum Gasteiger partial charge on any atom is -0.424 e. The Bertz CT molecular complexity index is 1590. The predicted molar refractivity (Wildman–Crippen MR) is 134 cm³/mol. The Morgan fingerprint density at radius 3 is 2.69 bits per heavy atom. The number of fused-ring (bicyclic) bond motifs is 3. The quantitative estimate of drug-likeness (QED) is 0.331. The van der Waals surface area contributed by atoms with Crippen LogP contribution in [-0.2, 0) is 0 Å². The van der Waals surface area contributed by atoms with Gasteiger partial charge in [0.1, 0.15) is 29.1 Å². The number of hydrogen-bond acceptors (Lipinski definition) is 6. The van der Waals surface area contributed by atoms with Crippen molar-refractivity contribution < 1.29 is 13.5 Å². The number of rotatable bonds is 4. The van der Waals surface area contributed by atoms with E-state index in [0.29, 0.717) is 57.1 Å². The Labute approximate surface area is 210 Å². The van der Waals surface area contributed by atoms with Crippen molar-refractivity contribution in [3.63, 3.8) is 0 Å². The van der Waals surface area contributed by atoms with Crippen LogP contribution in [0.4, 0.5) is 8.78 Å². The summed E-state index contributed by atoms with van der Waals surface area (Å²) in [6, 6.07) is 9.55. The van der Waals surface area contributed by atoms with Crippen LogP contribution in [0.2, 0.25) is 5.02 Å². The molecule has 182 valence electrons. The van der Waals surface area contributed by atoms with Crippen molar-refractivity contribution >= 4 is 33.5 Å². The Kier molecular flexibility index (Phi) is 5.73. The molecule has 3 aromatic heterocycles. The summed E-state index contributed by atoms with van der Waals surface area (Å²) in [6.45, 7) is 2.85. The molecule has 10 heteroatoms. The molecule has 1 aliphatic rings. The Hall–Kier alpha value is -3.69. The first-order valence-electron chi connectivity index (χ1n) is 11.6. The van der Waals surface area contributed by atoms with Crippen LogP contribution in [0.15, 0.2) is 55.0 Å². The largest absolute Gasteiger partial charge is 0.424 e. The molecule has 0 bridgehead atoms. The number of imidazole rings is 1. The van der Waals surface area contributed by atoms with Gasteiger partial charge in [0.05, 0.1) is 28.3 Å². The third-order valence-corrected chi connectivity index (χ3v) is 6.78. The highest BCUT2D eigenvalue weighted by Crippen LogP contribution is 2.38. The van der Waals surface area contributed by atoms with Gasteiger partial charge in [0.25, 0.3) is 0 Å². The van der Waals surface area contributed by atoms with Crippen molar-refractivity contribution in [1.29, 1.82) is 0 Å². The van der Waals surface area contributed by atoms with Crippen LogP contribution >= 0.6 is 11.6 Å². The van der Waals surface area contributed by atoms with Crippen LogP contribution in [0.1, 0.15) is 18.3 Å². The van der Waals surface area contributed by atoms with Gasteiger partial charge in [-0.2, -0.15) is 0 Å². The molecule has 0 saturated carbocycles. The van der Waals surface area contributed by atoms with Crippen molar-refractivity contribution in [1.82, 2.24) is 29.8 Å². The average molecular weight is 507 g/mol. The van der Waals surface area contributed by atoms with E-state index in [4.69, 9.17) is 16.3 Å². The lowest BCUT2D eigenvalue weighted by atomic mass is 10.0. The normalized spacial score (nSPS) is 18.1. The number of aryl methyl sites for hydroxylation is 1. The number of piperidine rings is 1. The average Bonchev–Trinajstić information content (AvgIpc) is 3.21. The van der Waals surface area contributed by atoms with E-state index in [9.17, 15) is 4.39 Å². The van der Waals surface area contributed by atoms with E-state index < -0.39 is 12.0 Å². The van der Waals surface area contributed by atoms with Gasteiger partial charge in [-0.1, -0.05) is 11.6 Å². The van der Waals surface area contributed by atoms with Gasteiger partial charge >= 0.3 is 6.01 Å². The molecule has 0 radical (unpaired) electrons. The summed E-state index contributed by atoms with van der Waals surface area (Å²) in [5.74, 6) is 0.653. The molecule has 1 saturated heterocycles. The lowest BCUT2D eigenvalue weighted by molar-refractivity contribution is 0.185. The van der Waals surface area contributed by atoms with Crippen molar-refractivity contribution in [2.24, 2.45) is 0 Å². The van der Waals surface area contributed by atoms with Crippen LogP contribution in [0, 0.1) is 12.7 Å². The fraction of sp³-hybridized carbons (Fsp3) is 0.231. The van der Waals surface area contributed by atoms with Gasteiger partial charge in [-0.05, 0) is 44.2 Å². The first-order valence-corrected chi connectivity index (χ1v) is 11.9. The molecular formula is C26H21ClF2N6O. The summed E-state index contributed by atoms with van der Waals surface area (Å²) in [5.41, 5.74) is 2.64. The topological polar surface area (TPSA) is 77.8 Å². The first kappa shape index (κ1) is 22.8. The monoisotopic (exact) mass is 506 g/mol. The van der Waals surface area contributed by atoms with Crippen LogP contribution in [0.5, 0.6) is 11.8 Å². The third-order valence-electron chi connectivity index (χ3n) is 6.47. The second-order valence-corrected chi connectivity index (χ2v) is 9.13. The zero-order valence-electron chi connectivity index (χ0n) is 19.3. The fourth-order valence-corrected chi connectivity index (χ4v) is 5.12. The summed E-state index contributed by atoms with van der Waals surface area (Å²) >= 11 is 6.57. The van der Waals surface area contributed by atoms with Crippen LogP contribution in [0.25, 0.3) is 33.1 Å². The van der Waals surface area contributed by atoms with E-state index in [1.165, 1.54) is 6.07 Å². The number of aromatic nitrogens is 5. The Morgan fingerprint density at radius 2 is 1.92 bits per heavy atom. The van der Waals surface area contributed by atoms with E-state index in [-0.39, 0.29) is 18.6 Å². The second kappa shape index (κ2) is 9.07. The van der Waals surface area contributed by atoms with Crippen molar-refractivity contribution in [2.75, 3.05) is 13.1 Å². The van der Waals surface area contributed by atoms with Gasteiger partial charge < -0.3 is 14.6 Å². The molecule has 36 heavy (non-hydrogen) atoms. The first-order chi connectivity index (χ1) is 17.5. The Morgan fingerprint density at radius 1 is 1.08 bits per heavy atom. The molecule has 2 aromatic carbocycles. The van der Waals surface area contributed by atoms with E-state index in [0.717, 1.165) is 5.52 Å². The number of nitrogens with one attached hydrogen (secondary N) is 1. The zero-order valence-corrected chi connectivity index (χ0v) is 20.0. The maximum absolute atomic E-state index is 15.3. The highest BCUT2D eigenvalue weighted by atomic mass is 35.5. The minimum atomic E-state index is -1.06. The van der Waals surface area contributed by atoms with E-state index >= 15 is 4.39 Å². The maximum atomic E-state index is 15.3. The SMILES string of the molecule is Cc1nc2cnc3cc(F)c(-c4ccc(Oc5ncccn5)cc4Cl)cc3c2n1[C@H]1CCNC[C@@H]1F. The number of ether oxygens (including phenoxy) is 1. The molecule has 1 fully saturated rings. The highest BCUT2D eigenvalue weighted by Gasteiger charge is 2.29. The van der Waals surface area contributed by atoms with E-state index in [1.54, 1.807) is 48.9 Å². The van der Waals surface area contributed by atoms with Gasteiger partial charge in [0, 0.05) is 47.6 Å². The molecule has 6 rings (SSSR count). The minimum absolute atomic E-state index is 0.180. The predicted octanol–water partition coefficient (Wildman–Crippen LogP) is 5.81. The van der Waals surface area contributed by atoms with Gasteiger partial charge in [0.2, 0.25) is 0 Å². The number of hydrogen-bond donors (Lipinski definition) is 1. The summed E-state index contributed by atoms with van der Waals surface area (Å²) in [6.07, 6.45) is 4.31. The van der Waals surface area contributed by atoms with Crippen LogP contribution < -0.4 is 10.1 Å². The van der Waals surface area contributed by atoms with Crippen molar-refractivity contribution in [2.45, 2.75) is 25.6 Å². The summed E-state index contributed by atoms with van der Waals surface area (Å²) in [4.78, 5) is 17.1. The second-order valence-electron chi connectivity index (χ2n) is 8.72. The number of halogens is 3. The lowest BCUT2D eigenvalue weighted by Gasteiger charge is -2.29. The van der Waals surface area contributed by atoms with Crippen molar-refractivity contribution in [3.8, 4) is 22.9 Å². The third kappa shape index (κ3) is 3.94. The highest BCUT2D eigenvalue weighted by molar-refractivity contribution is 6.33. The number of nitrogens with zero attached hydrogens (tertiary/aromatic N) is 5. The molecule has 0 amide bonds. The Balaban J connectivity index is 1.48. The van der Waals surface area contributed by atoms with Gasteiger partial charge in [-0.3, -0.25) is 4.98 Å². The number of alkyl halides is 1. The van der Waals surface area contributed by atoms with Crippen LogP contribution in [-0.4, -0.2) is 43.8 Å². The molecule has 1 aliphatic heterocycles. The van der Waals surface area contributed by atoms with E-state index in [1.807, 2.05) is 11.5 Å². The van der Waals surface area contributed by atoms with Gasteiger partial charge in [-0.15, -0.1) is 0 Å². The van der Waals surface area contributed by atoms with Crippen LogP contribution in [0.3, 0.4) is 0 Å². The number of benzene rings is 2. The van der Waals surface area contributed by atoms with Gasteiger partial charge in [0.15, 0.2) is 0 Å². The van der Waals surface area contributed by atoms with E-state index in [2.05, 4.69) is 25.3 Å². The lowest BCUT2D eigenvalue weighted by Crippen LogP contribution is -2.39. The smallest absolute Gasteiger partial charge is 0.321 e. The molecule has 2 atom stereocenters. The fourth-order valence-electron chi connectivity index (χ4n) is 4.85. The molecule has 5 aromatic rings.